The molecule has 6 nitrogen and oxygen atoms in total. The van der Waals surface area contributed by atoms with Crippen LogP contribution in [-0.2, 0) is 16.8 Å². The largest absolute Gasteiger partial charge is 0.495 e. The number of carbonyl (C=O) groups excluding carboxylic acids is 2. The Morgan fingerprint density at radius 3 is 2.63 bits per heavy atom. The van der Waals surface area contributed by atoms with E-state index in [9.17, 15) is 9.59 Å². The Labute approximate surface area is 156 Å². The van der Waals surface area contributed by atoms with Crippen LogP contribution in [0, 0.1) is 0 Å². The van der Waals surface area contributed by atoms with E-state index < -0.39 is 5.54 Å². The number of fused-ring (bicyclic) bond motifs is 5. The van der Waals surface area contributed by atoms with Crippen molar-refractivity contribution in [1.82, 2.24) is 9.88 Å². The molecule has 0 aliphatic carbocycles. The maximum atomic E-state index is 13.6. The van der Waals surface area contributed by atoms with Crippen molar-refractivity contribution >= 4 is 28.5 Å². The van der Waals surface area contributed by atoms with Gasteiger partial charge < -0.3 is 14.6 Å². The Morgan fingerprint density at radius 2 is 1.81 bits per heavy atom. The molecular formula is C21H19N3O3. The average Bonchev–Trinajstić information content (AvgIpc) is 3.16. The second kappa shape index (κ2) is 5.36. The molecule has 2 aliphatic rings. The van der Waals surface area contributed by atoms with Gasteiger partial charge in [0.25, 0.3) is 5.91 Å². The zero-order valence-electron chi connectivity index (χ0n) is 15.2. The number of hydrogen-bond acceptors (Lipinski definition) is 3. The number of nitrogens with one attached hydrogen (secondary N) is 1. The Kier molecular flexibility index (Phi) is 3.16. The van der Waals surface area contributed by atoms with Gasteiger partial charge in [-0.1, -0.05) is 30.3 Å². The summed E-state index contributed by atoms with van der Waals surface area (Å²) in [5.41, 5.74) is 2.34. The number of H-pyrrole nitrogens is 1. The van der Waals surface area contributed by atoms with Gasteiger partial charge in [-0.2, -0.15) is 0 Å². The predicted molar refractivity (Wildman–Crippen MR) is 102 cm³/mol. The molecule has 1 fully saturated rings. The third kappa shape index (κ3) is 1.90. The highest BCUT2D eigenvalue weighted by molar-refractivity contribution is 6.24. The quantitative estimate of drug-likeness (QED) is 0.712. The molecule has 0 unspecified atom stereocenters. The van der Waals surface area contributed by atoms with Gasteiger partial charge in [0.15, 0.2) is 5.54 Å². The minimum absolute atomic E-state index is 0.260. The van der Waals surface area contributed by atoms with Gasteiger partial charge in [-0.15, -0.1) is 0 Å². The number of anilines is 1. The van der Waals surface area contributed by atoms with Crippen LogP contribution in [0.1, 0.15) is 18.2 Å². The minimum atomic E-state index is -1.05. The van der Waals surface area contributed by atoms with Crippen molar-refractivity contribution in [2.24, 2.45) is 0 Å². The molecule has 0 saturated carbocycles. The van der Waals surface area contributed by atoms with Crippen molar-refractivity contribution in [1.29, 1.82) is 0 Å². The number of imide groups is 1. The van der Waals surface area contributed by atoms with Crippen LogP contribution in [0.2, 0.25) is 0 Å². The fraction of sp³-hybridized carbons (Fsp3) is 0.238. The number of nitrogens with zero attached hydrogens (tertiary/aromatic N) is 2. The lowest BCUT2D eigenvalue weighted by Crippen LogP contribution is -2.49. The number of ether oxygens (including phenoxy) is 1. The first-order valence-electron chi connectivity index (χ1n) is 8.96. The molecule has 2 aliphatic heterocycles. The second-order valence-corrected chi connectivity index (χ2v) is 7.09. The van der Waals surface area contributed by atoms with Crippen molar-refractivity contribution in [2.45, 2.75) is 18.9 Å². The Hall–Kier alpha value is -3.28. The Bertz CT molecular complexity index is 1100. The van der Waals surface area contributed by atoms with Crippen LogP contribution in [0.15, 0.2) is 48.5 Å². The van der Waals surface area contributed by atoms with E-state index in [2.05, 4.69) is 11.1 Å². The molecule has 0 bridgehead atoms. The zero-order chi connectivity index (χ0) is 18.8. The van der Waals surface area contributed by atoms with Gasteiger partial charge in [0.2, 0.25) is 0 Å². The maximum absolute atomic E-state index is 13.6. The lowest BCUT2D eigenvalue weighted by atomic mass is 9.87. The third-order valence-corrected chi connectivity index (χ3v) is 5.79. The van der Waals surface area contributed by atoms with E-state index in [0.29, 0.717) is 24.4 Å². The van der Waals surface area contributed by atoms with Crippen LogP contribution in [0.5, 0.6) is 5.75 Å². The summed E-state index contributed by atoms with van der Waals surface area (Å²) in [6.45, 7) is 2.33. The van der Waals surface area contributed by atoms with E-state index in [1.54, 1.807) is 23.1 Å². The highest BCUT2D eigenvalue weighted by Crippen LogP contribution is 2.46. The topological polar surface area (TPSA) is 65.6 Å². The number of hydrogen-bond donors (Lipinski definition) is 1. The number of methoxy groups -OCH3 is 1. The summed E-state index contributed by atoms with van der Waals surface area (Å²) < 4.78 is 5.39. The summed E-state index contributed by atoms with van der Waals surface area (Å²) in [5.74, 6) is 0.240. The predicted octanol–water partition coefficient (Wildman–Crippen LogP) is 3.42. The van der Waals surface area contributed by atoms with Crippen LogP contribution in [0.3, 0.4) is 0 Å². The molecule has 3 heterocycles. The van der Waals surface area contributed by atoms with Gasteiger partial charge in [-0.05, 0) is 37.1 Å². The van der Waals surface area contributed by atoms with E-state index in [4.69, 9.17) is 4.74 Å². The van der Waals surface area contributed by atoms with Crippen LogP contribution in [0.4, 0.5) is 10.5 Å². The number of aromatic nitrogens is 1. The first-order chi connectivity index (χ1) is 13.1. The van der Waals surface area contributed by atoms with E-state index >= 15 is 0 Å². The van der Waals surface area contributed by atoms with Gasteiger partial charge in [-0.3, -0.25) is 4.79 Å². The molecule has 27 heavy (non-hydrogen) atoms. The lowest BCUT2D eigenvalue weighted by Gasteiger charge is -2.35. The molecule has 136 valence electrons. The molecule has 5 rings (SSSR count). The first-order valence-corrected chi connectivity index (χ1v) is 8.96. The smallest absolute Gasteiger partial charge is 0.332 e. The van der Waals surface area contributed by atoms with Crippen LogP contribution >= 0.6 is 0 Å². The zero-order valence-corrected chi connectivity index (χ0v) is 15.2. The molecule has 1 N–H and O–H groups in total. The molecule has 2 aromatic carbocycles. The SMILES string of the molecule is COc1ccccc1N1C(=O)N2CCc3c([nH]c4ccccc34)[C@]2(C)C1=O. The molecule has 1 saturated heterocycles. The Balaban J connectivity index is 1.71. The molecule has 0 radical (unpaired) electrons. The fourth-order valence-corrected chi connectivity index (χ4v) is 4.42. The monoisotopic (exact) mass is 361 g/mol. The summed E-state index contributed by atoms with van der Waals surface area (Å²) in [7, 11) is 1.54. The van der Waals surface area contributed by atoms with E-state index in [-0.39, 0.29) is 11.9 Å². The summed E-state index contributed by atoms with van der Waals surface area (Å²) >= 11 is 0. The van der Waals surface area contributed by atoms with Crippen molar-refractivity contribution in [2.75, 3.05) is 18.6 Å². The van der Waals surface area contributed by atoms with E-state index in [1.165, 1.54) is 12.0 Å². The van der Waals surface area contributed by atoms with E-state index in [1.807, 2.05) is 31.2 Å². The number of aromatic amines is 1. The normalized spacial score (nSPS) is 21.6. The highest BCUT2D eigenvalue weighted by Gasteiger charge is 2.59. The fourth-order valence-electron chi connectivity index (χ4n) is 4.42. The van der Waals surface area contributed by atoms with E-state index in [0.717, 1.165) is 22.2 Å². The van der Waals surface area contributed by atoms with Crippen molar-refractivity contribution < 1.29 is 14.3 Å². The van der Waals surface area contributed by atoms with Crippen molar-refractivity contribution in [3.8, 4) is 5.75 Å². The molecule has 6 heteroatoms. The van der Waals surface area contributed by atoms with Crippen LogP contribution in [-0.4, -0.2) is 35.5 Å². The third-order valence-electron chi connectivity index (χ3n) is 5.79. The molecule has 0 spiro atoms. The van der Waals surface area contributed by atoms with Gasteiger partial charge in [0.1, 0.15) is 5.75 Å². The molecule has 3 aromatic rings. The number of rotatable bonds is 2. The van der Waals surface area contributed by atoms with Crippen molar-refractivity contribution in [3.63, 3.8) is 0 Å². The second-order valence-electron chi connectivity index (χ2n) is 7.09. The van der Waals surface area contributed by atoms with Crippen LogP contribution in [0.25, 0.3) is 10.9 Å². The van der Waals surface area contributed by atoms with Gasteiger partial charge in [0.05, 0.1) is 18.5 Å². The molecular weight excluding hydrogens is 342 g/mol. The van der Waals surface area contributed by atoms with Gasteiger partial charge >= 0.3 is 6.03 Å². The molecule has 3 amide bonds. The summed E-state index contributed by atoms with van der Waals surface area (Å²) in [5, 5.41) is 1.12. The van der Waals surface area contributed by atoms with Crippen LogP contribution < -0.4 is 9.64 Å². The minimum Gasteiger partial charge on any atom is -0.495 e. The molecule has 1 atom stereocenters. The number of benzene rings is 2. The summed E-state index contributed by atoms with van der Waals surface area (Å²) in [6, 6.07) is 14.8. The number of urea groups is 1. The van der Waals surface area contributed by atoms with Gasteiger partial charge in [0, 0.05) is 17.4 Å². The first kappa shape index (κ1) is 15.9. The number of amides is 3. The number of carbonyl (C=O) groups is 2. The Morgan fingerprint density at radius 1 is 1.07 bits per heavy atom. The maximum Gasteiger partial charge on any atom is 0.332 e. The average molecular weight is 361 g/mol. The summed E-state index contributed by atoms with van der Waals surface area (Å²) in [6.07, 6.45) is 0.716. The highest BCUT2D eigenvalue weighted by atomic mass is 16.5. The molecule has 1 aromatic heterocycles. The summed E-state index contributed by atoms with van der Waals surface area (Å²) in [4.78, 5) is 33.1. The van der Waals surface area contributed by atoms with Gasteiger partial charge in [-0.25, -0.2) is 9.69 Å². The standard InChI is InChI=1S/C21H19N3O3/c1-21-18-14(13-7-3-4-8-15(13)22-18)11-12-23(21)20(26)24(19(21)25)16-9-5-6-10-17(16)27-2/h3-10,22H,11-12H2,1-2H3/t21-/m1/s1. The lowest BCUT2D eigenvalue weighted by molar-refractivity contribution is -0.125. The van der Waals surface area contributed by atoms with Crippen molar-refractivity contribution in [3.05, 3.63) is 59.8 Å². The number of para-hydroxylation sites is 3.